The van der Waals surface area contributed by atoms with Crippen molar-refractivity contribution in [2.45, 2.75) is 5.91 Å². The molecule has 0 bridgehead atoms. The fourth-order valence-electron chi connectivity index (χ4n) is 0.342. The van der Waals surface area contributed by atoms with Crippen LogP contribution in [0.4, 0.5) is 0 Å². The van der Waals surface area contributed by atoms with E-state index in [2.05, 4.69) is 26.1 Å². The quantitative estimate of drug-likeness (QED) is 0.257. The van der Waals surface area contributed by atoms with E-state index in [1.807, 2.05) is 0 Å². The van der Waals surface area contributed by atoms with Crippen molar-refractivity contribution in [3.05, 3.63) is 12.7 Å². The van der Waals surface area contributed by atoms with Gasteiger partial charge >= 0.3 is 5.91 Å². The Kier molecular flexibility index (Phi) is 4.17. The molecule has 10 heavy (non-hydrogen) atoms. The summed E-state index contributed by atoms with van der Waals surface area (Å²) in [4.78, 5) is 17.4. The van der Waals surface area contributed by atoms with E-state index in [0.717, 1.165) is 0 Å². The van der Waals surface area contributed by atoms with E-state index >= 15 is 0 Å². The summed E-state index contributed by atoms with van der Waals surface area (Å²) in [5.41, 5.74) is 5.31. The minimum Gasteiger partial charge on any atom is -0.272 e. The van der Waals surface area contributed by atoms with Crippen molar-refractivity contribution in [3.63, 3.8) is 0 Å². The lowest BCUT2D eigenvalue weighted by molar-refractivity contribution is -0.481. The number of rotatable bonds is 5. The molecule has 0 rings (SSSR count). The van der Waals surface area contributed by atoms with Crippen LogP contribution in [0.3, 0.4) is 0 Å². The lowest BCUT2D eigenvalue weighted by atomic mass is 10.5. The van der Waals surface area contributed by atoms with Gasteiger partial charge in [-0.3, -0.25) is 5.73 Å². The van der Waals surface area contributed by atoms with E-state index in [1.165, 1.54) is 20.3 Å². The Balaban J connectivity index is 3.81. The highest BCUT2D eigenvalue weighted by molar-refractivity contribution is 4.81. The van der Waals surface area contributed by atoms with E-state index in [0.29, 0.717) is 0 Å². The summed E-state index contributed by atoms with van der Waals surface area (Å²) in [6, 6.07) is 0. The Morgan fingerprint density at radius 1 is 1.30 bits per heavy atom. The first-order valence-corrected chi connectivity index (χ1v) is 2.54. The maximum Gasteiger partial charge on any atom is 0.304 e. The molecule has 0 aliphatic carbocycles. The molecule has 0 radical (unpaired) electrons. The summed E-state index contributed by atoms with van der Waals surface area (Å²) in [6.45, 7) is 3.34. The molecule has 0 saturated carbocycles. The predicted molar refractivity (Wildman–Crippen MR) is 33.3 cm³/mol. The molecule has 0 unspecified atom stereocenters. The summed E-state index contributed by atoms with van der Waals surface area (Å²) in [6.07, 6.45) is 1.19. The molecule has 5 nitrogen and oxygen atoms in total. The van der Waals surface area contributed by atoms with Crippen LogP contribution in [-0.4, -0.2) is 20.1 Å². The van der Waals surface area contributed by atoms with Crippen LogP contribution in [0.2, 0.25) is 0 Å². The summed E-state index contributed by atoms with van der Waals surface area (Å²) in [7, 11) is 2.59. The predicted octanol–water partition coefficient (Wildman–Crippen LogP) is -0.0591. The normalized spacial score (nSPS) is 11.5. The SMILES string of the molecule is C=CC(N)(OOC)OOC. The largest absolute Gasteiger partial charge is 0.304 e. The average Bonchev–Trinajstić information content (AvgIpc) is 1.89. The Labute approximate surface area is 59.2 Å². The van der Waals surface area contributed by atoms with Gasteiger partial charge < -0.3 is 0 Å². The molecule has 0 aliphatic heterocycles. The molecule has 60 valence electrons. The molecule has 0 aromatic heterocycles. The van der Waals surface area contributed by atoms with Gasteiger partial charge in [0, 0.05) is 0 Å². The van der Waals surface area contributed by atoms with Gasteiger partial charge in [-0.2, -0.15) is 9.78 Å². The third-order valence-electron chi connectivity index (χ3n) is 0.712. The van der Waals surface area contributed by atoms with Gasteiger partial charge in [0.05, 0.1) is 14.2 Å². The zero-order valence-corrected chi connectivity index (χ0v) is 5.99. The minimum atomic E-state index is -1.54. The second-order valence-corrected chi connectivity index (χ2v) is 1.43. The van der Waals surface area contributed by atoms with E-state index in [1.54, 1.807) is 0 Å². The smallest absolute Gasteiger partial charge is 0.272 e. The standard InChI is InChI=1S/C5H11NO4/c1-4-5(6,9-7-2)10-8-3/h4H,1,6H2,2-3H3. The van der Waals surface area contributed by atoms with Crippen LogP contribution in [0.1, 0.15) is 0 Å². The van der Waals surface area contributed by atoms with Crippen LogP contribution >= 0.6 is 0 Å². The molecule has 0 fully saturated rings. The Morgan fingerprint density at radius 3 is 1.90 bits per heavy atom. The van der Waals surface area contributed by atoms with E-state index in [-0.39, 0.29) is 0 Å². The van der Waals surface area contributed by atoms with Crippen LogP contribution in [-0.2, 0) is 19.6 Å². The van der Waals surface area contributed by atoms with Crippen molar-refractivity contribution in [2.24, 2.45) is 5.73 Å². The van der Waals surface area contributed by atoms with Crippen molar-refractivity contribution >= 4 is 0 Å². The van der Waals surface area contributed by atoms with E-state index in [4.69, 9.17) is 5.73 Å². The molecule has 0 saturated heterocycles. The van der Waals surface area contributed by atoms with Crippen LogP contribution in [0.5, 0.6) is 0 Å². The molecule has 0 heterocycles. The number of nitrogens with two attached hydrogens (primary N) is 1. The summed E-state index contributed by atoms with van der Waals surface area (Å²) < 4.78 is 0. The monoisotopic (exact) mass is 149 g/mol. The van der Waals surface area contributed by atoms with Gasteiger partial charge in [-0.05, 0) is 6.08 Å². The number of hydrogen-bond donors (Lipinski definition) is 1. The van der Waals surface area contributed by atoms with Crippen molar-refractivity contribution < 1.29 is 19.6 Å². The first-order valence-electron chi connectivity index (χ1n) is 2.54. The highest BCUT2D eigenvalue weighted by Gasteiger charge is 2.24. The van der Waals surface area contributed by atoms with E-state index in [9.17, 15) is 0 Å². The van der Waals surface area contributed by atoms with Crippen molar-refractivity contribution in [2.75, 3.05) is 14.2 Å². The molecule has 0 atom stereocenters. The highest BCUT2D eigenvalue weighted by atomic mass is 17.3. The van der Waals surface area contributed by atoms with Crippen molar-refractivity contribution in [3.8, 4) is 0 Å². The first-order chi connectivity index (χ1) is 4.68. The maximum absolute atomic E-state index is 5.31. The van der Waals surface area contributed by atoms with Crippen LogP contribution in [0.15, 0.2) is 12.7 Å². The van der Waals surface area contributed by atoms with Crippen LogP contribution in [0.25, 0.3) is 0 Å². The first kappa shape index (κ1) is 9.54. The van der Waals surface area contributed by atoms with Gasteiger partial charge in [0.2, 0.25) is 0 Å². The Bertz CT molecular complexity index is 99.8. The molecule has 5 heteroatoms. The van der Waals surface area contributed by atoms with Crippen LogP contribution < -0.4 is 5.73 Å². The van der Waals surface area contributed by atoms with Gasteiger partial charge in [0.1, 0.15) is 0 Å². The molecule has 0 aliphatic rings. The molecule has 0 aromatic carbocycles. The zero-order chi connectivity index (χ0) is 8.04. The fourth-order valence-corrected chi connectivity index (χ4v) is 0.342. The average molecular weight is 149 g/mol. The van der Waals surface area contributed by atoms with Crippen molar-refractivity contribution in [1.82, 2.24) is 0 Å². The maximum atomic E-state index is 5.31. The second kappa shape index (κ2) is 4.37. The topological polar surface area (TPSA) is 62.9 Å². The Hall–Kier alpha value is -0.460. The van der Waals surface area contributed by atoms with Gasteiger partial charge in [-0.1, -0.05) is 6.58 Å². The lowest BCUT2D eigenvalue weighted by Gasteiger charge is -2.20. The van der Waals surface area contributed by atoms with Gasteiger partial charge in [-0.15, -0.1) is 0 Å². The fraction of sp³-hybridized carbons (Fsp3) is 0.600. The Morgan fingerprint density at radius 2 is 1.70 bits per heavy atom. The third-order valence-corrected chi connectivity index (χ3v) is 0.712. The second-order valence-electron chi connectivity index (χ2n) is 1.43. The molecule has 0 amide bonds. The molecule has 0 spiro atoms. The van der Waals surface area contributed by atoms with Gasteiger partial charge in [-0.25, -0.2) is 9.78 Å². The summed E-state index contributed by atoms with van der Waals surface area (Å²) in [5, 5.41) is 0. The molecule has 2 N–H and O–H groups in total. The zero-order valence-electron chi connectivity index (χ0n) is 5.99. The van der Waals surface area contributed by atoms with E-state index < -0.39 is 5.91 Å². The number of hydrogen-bond acceptors (Lipinski definition) is 5. The van der Waals surface area contributed by atoms with Gasteiger partial charge in [0.15, 0.2) is 0 Å². The minimum absolute atomic E-state index is 1.19. The van der Waals surface area contributed by atoms with Crippen molar-refractivity contribution in [1.29, 1.82) is 0 Å². The summed E-state index contributed by atoms with van der Waals surface area (Å²) in [5.74, 6) is -1.54. The lowest BCUT2D eigenvalue weighted by Crippen LogP contribution is -2.42. The van der Waals surface area contributed by atoms with Gasteiger partial charge in [0.25, 0.3) is 0 Å². The van der Waals surface area contributed by atoms with Crippen LogP contribution in [0, 0.1) is 0 Å². The molecular formula is C5H11NO4. The summed E-state index contributed by atoms with van der Waals surface area (Å²) >= 11 is 0. The molecular weight excluding hydrogens is 138 g/mol. The third kappa shape index (κ3) is 2.90. The molecule has 0 aromatic rings. The highest BCUT2D eigenvalue weighted by Crippen LogP contribution is 2.05.